The molecule has 3 aliphatic heterocycles. The van der Waals surface area contributed by atoms with Crippen LogP contribution in [0.25, 0.3) is 5.65 Å². The minimum Gasteiger partial charge on any atom is -0.491 e. The molecule has 2 aromatic heterocycles. The summed E-state index contributed by atoms with van der Waals surface area (Å²) in [5.74, 6) is 1.17. The van der Waals surface area contributed by atoms with Gasteiger partial charge >= 0.3 is 6.03 Å². The van der Waals surface area contributed by atoms with E-state index in [2.05, 4.69) is 15.3 Å². The van der Waals surface area contributed by atoms with Gasteiger partial charge in [0, 0.05) is 23.9 Å². The first-order chi connectivity index (χ1) is 14.1. The largest absolute Gasteiger partial charge is 0.491 e. The van der Waals surface area contributed by atoms with E-state index in [0.717, 1.165) is 29.9 Å². The zero-order chi connectivity index (χ0) is 19.7. The summed E-state index contributed by atoms with van der Waals surface area (Å²) in [6.45, 7) is 3.56. The second kappa shape index (κ2) is 5.82. The first-order valence-corrected chi connectivity index (χ1v) is 9.72. The quantitative estimate of drug-likeness (QED) is 0.633. The van der Waals surface area contributed by atoms with E-state index in [9.17, 15) is 9.18 Å². The van der Waals surface area contributed by atoms with Crippen LogP contribution in [0.4, 0.5) is 20.7 Å². The first-order valence-electron chi connectivity index (χ1n) is 9.72. The van der Waals surface area contributed by atoms with Crippen molar-refractivity contribution in [2.75, 3.05) is 29.5 Å². The standard InChI is InChI=1S/C20H19FN6O2/c1-11-15-6-13(21)2-3-17(15)29-10-14-9-26(20(28)23-14)16-7-22-27-8-12-4-5-25(11)18(12)24-19(16)27/h2-3,6-8,11,14H,4-5,9-10H2,1H3,(H,23,28)/t11-,14?/m1/s1. The number of amides is 2. The highest BCUT2D eigenvalue weighted by Crippen LogP contribution is 2.38. The number of urea groups is 1. The van der Waals surface area contributed by atoms with Crippen LogP contribution in [-0.4, -0.2) is 46.4 Å². The summed E-state index contributed by atoms with van der Waals surface area (Å²) in [5.41, 5.74) is 3.17. The molecule has 1 N–H and O–H groups in total. The number of anilines is 2. The molecule has 0 radical (unpaired) electrons. The fourth-order valence-electron chi connectivity index (χ4n) is 4.51. The molecule has 2 amide bonds. The summed E-state index contributed by atoms with van der Waals surface area (Å²) in [6.07, 6.45) is 4.48. The number of rotatable bonds is 0. The van der Waals surface area contributed by atoms with Crippen LogP contribution in [0, 0.1) is 5.82 Å². The van der Waals surface area contributed by atoms with Gasteiger partial charge in [-0.15, -0.1) is 0 Å². The van der Waals surface area contributed by atoms with Gasteiger partial charge in [-0.2, -0.15) is 5.10 Å². The summed E-state index contributed by atoms with van der Waals surface area (Å²) in [5, 5.41) is 7.36. The second-order valence-electron chi connectivity index (χ2n) is 7.76. The molecule has 9 heteroatoms. The van der Waals surface area contributed by atoms with Crippen molar-refractivity contribution in [3.8, 4) is 5.75 Å². The van der Waals surface area contributed by atoms with Crippen molar-refractivity contribution < 1.29 is 13.9 Å². The molecular formula is C20H19FN6O2. The van der Waals surface area contributed by atoms with Gasteiger partial charge in [0.2, 0.25) is 0 Å². The molecule has 1 fully saturated rings. The third-order valence-electron chi connectivity index (χ3n) is 6.02. The third kappa shape index (κ3) is 2.39. The molecular weight excluding hydrogens is 375 g/mol. The van der Waals surface area contributed by atoms with Crippen molar-refractivity contribution in [3.63, 3.8) is 0 Å². The molecule has 6 rings (SSSR count). The minimum absolute atomic E-state index is 0.115. The predicted molar refractivity (Wildman–Crippen MR) is 104 cm³/mol. The van der Waals surface area contributed by atoms with E-state index in [1.807, 2.05) is 13.1 Å². The van der Waals surface area contributed by atoms with Gasteiger partial charge in [0.15, 0.2) is 5.65 Å². The van der Waals surface area contributed by atoms with Crippen molar-refractivity contribution in [2.24, 2.45) is 0 Å². The van der Waals surface area contributed by atoms with E-state index in [0.29, 0.717) is 30.2 Å². The Morgan fingerprint density at radius 2 is 2.24 bits per heavy atom. The van der Waals surface area contributed by atoms with Crippen molar-refractivity contribution in [2.45, 2.75) is 25.4 Å². The molecule has 2 atom stereocenters. The topological polar surface area (TPSA) is 75.0 Å². The zero-order valence-electron chi connectivity index (χ0n) is 15.8. The normalized spacial score (nSPS) is 22.8. The van der Waals surface area contributed by atoms with Crippen LogP contribution in [0.3, 0.4) is 0 Å². The molecule has 4 bridgehead atoms. The van der Waals surface area contributed by atoms with E-state index in [1.54, 1.807) is 21.7 Å². The van der Waals surface area contributed by atoms with Crippen LogP contribution in [-0.2, 0) is 6.42 Å². The summed E-state index contributed by atoms with van der Waals surface area (Å²) in [7, 11) is 0. The van der Waals surface area contributed by atoms with E-state index in [4.69, 9.17) is 9.72 Å². The molecule has 0 saturated carbocycles. The molecule has 3 aromatic rings. The van der Waals surface area contributed by atoms with E-state index in [1.165, 1.54) is 12.1 Å². The average molecular weight is 394 g/mol. The van der Waals surface area contributed by atoms with Crippen LogP contribution < -0.4 is 19.9 Å². The summed E-state index contributed by atoms with van der Waals surface area (Å²) in [6, 6.07) is 4.10. The van der Waals surface area contributed by atoms with Gasteiger partial charge in [-0.25, -0.2) is 18.7 Å². The number of benzene rings is 1. The van der Waals surface area contributed by atoms with Crippen molar-refractivity contribution >= 4 is 23.2 Å². The van der Waals surface area contributed by atoms with Gasteiger partial charge in [-0.3, -0.25) is 4.90 Å². The fourth-order valence-corrected chi connectivity index (χ4v) is 4.51. The molecule has 8 nitrogen and oxygen atoms in total. The first kappa shape index (κ1) is 16.6. The highest BCUT2D eigenvalue weighted by Gasteiger charge is 2.35. The number of carbonyl (C=O) groups excluding carboxylic acids is 1. The maximum absolute atomic E-state index is 14.1. The Labute approximate surface area is 165 Å². The lowest BCUT2D eigenvalue weighted by atomic mass is 10.1. The van der Waals surface area contributed by atoms with E-state index >= 15 is 0 Å². The number of hydrogen-bond acceptors (Lipinski definition) is 5. The lowest BCUT2D eigenvalue weighted by molar-refractivity contribution is 0.244. The molecule has 1 aromatic carbocycles. The molecule has 5 heterocycles. The Morgan fingerprint density at radius 3 is 3.14 bits per heavy atom. The SMILES string of the molecule is C[C@@H]1c2cc(F)ccc2OCC2CN(C(=O)N2)c2cnn3cc4c(nc23)N1CC4. The molecule has 1 unspecified atom stereocenters. The van der Waals surface area contributed by atoms with Crippen LogP contribution in [0.1, 0.15) is 24.1 Å². The Hall–Kier alpha value is -3.36. The van der Waals surface area contributed by atoms with Gasteiger partial charge in [0.25, 0.3) is 0 Å². The van der Waals surface area contributed by atoms with Crippen LogP contribution in [0.2, 0.25) is 0 Å². The van der Waals surface area contributed by atoms with Crippen LogP contribution in [0.5, 0.6) is 5.75 Å². The number of fused-ring (bicyclic) bond motifs is 4. The van der Waals surface area contributed by atoms with Crippen LogP contribution in [0.15, 0.2) is 30.6 Å². The van der Waals surface area contributed by atoms with Gasteiger partial charge in [-0.1, -0.05) is 0 Å². The fraction of sp³-hybridized carbons (Fsp3) is 0.350. The molecule has 0 aliphatic carbocycles. The smallest absolute Gasteiger partial charge is 0.322 e. The minimum atomic E-state index is -0.301. The maximum atomic E-state index is 14.1. The van der Waals surface area contributed by atoms with E-state index in [-0.39, 0.29) is 23.9 Å². The Morgan fingerprint density at radius 1 is 1.34 bits per heavy atom. The van der Waals surface area contributed by atoms with Gasteiger partial charge < -0.3 is 15.0 Å². The predicted octanol–water partition coefficient (Wildman–Crippen LogP) is 2.28. The summed E-state index contributed by atoms with van der Waals surface area (Å²) < 4.78 is 21.9. The molecule has 0 spiro atoms. The zero-order valence-corrected chi connectivity index (χ0v) is 15.8. The molecule has 29 heavy (non-hydrogen) atoms. The Balaban J connectivity index is 1.57. The van der Waals surface area contributed by atoms with E-state index < -0.39 is 0 Å². The van der Waals surface area contributed by atoms with Crippen molar-refractivity contribution in [1.29, 1.82) is 0 Å². The van der Waals surface area contributed by atoms with Gasteiger partial charge in [-0.05, 0) is 31.5 Å². The number of nitrogens with zero attached hydrogens (tertiary/aromatic N) is 5. The Bertz CT molecular complexity index is 1160. The number of hydrogen-bond donors (Lipinski definition) is 1. The summed E-state index contributed by atoms with van der Waals surface area (Å²) in [4.78, 5) is 21.3. The van der Waals surface area contributed by atoms with Gasteiger partial charge in [0.05, 0.1) is 24.8 Å². The molecule has 3 aliphatic rings. The number of nitrogens with one attached hydrogen (secondary N) is 1. The highest BCUT2D eigenvalue weighted by atomic mass is 19.1. The number of aromatic nitrogens is 3. The lowest BCUT2D eigenvalue weighted by Gasteiger charge is -2.28. The van der Waals surface area contributed by atoms with Gasteiger partial charge in [0.1, 0.15) is 29.7 Å². The lowest BCUT2D eigenvalue weighted by Crippen LogP contribution is -2.33. The average Bonchev–Trinajstić information content (AvgIpc) is 3.40. The number of carbonyl (C=O) groups is 1. The van der Waals surface area contributed by atoms with Crippen molar-refractivity contribution in [1.82, 2.24) is 19.9 Å². The van der Waals surface area contributed by atoms with Crippen LogP contribution >= 0.6 is 0 Å². The van der Waals surface area contributed by atoms with Crippen molar-refractivity contribution in [3.05, 3.63) is 47.5 Å². The maximum Gasteiger partial charge on any atom is 0.322 e. The number of halogens is 1. The second-order valence-corrected chi connectivity index (χ2v) is 7.76. The highest BCUT2D eigenvalue weighted by molar-refractivity contribution is 5.98. The summed E-state index contributed by atoms with van der Waals surface area (Å²) >= 11 is 0. The monoisotopic (exact) mass is 394 g/mol. The number of ether oxygens (including phenoxy) is 1. The molecule has 148 valence electrons. The molecule has 1 saturated heterocycles. The Kier molecular flexibility index (Phi) is 3.33. The third-order valence-corrected chi connectivity index (χ3v) is 6.02.